The van der Waals surface area contributed by atoms with Gasteiger partial charge in [-0.25, -0.2) is 4.79 Å². The second-order valence-electron chi connectivity index (χ2n) is 9.04. The number of rotatable bonds is 11. The molecule has 0 aliphatic carbocycles. The number of amides is 3. The molecular formula is C25H37N3O7. The maximum Gasteiger partial charge on any atom is 0.408 e. The summed E-state index contributed by atoms with van der Waals surface area (Å²) in [7, 11) is 1.18. The second kappa shape index (κ2) is 13.4. The molecule has 10 nitrogen and oxygen atoms in total. The summed E-state index contributed by atoms with van der Waals surface area (Å²) in [6, 6.07) is 3.72. The van der Waals surface area contributed by atoms with Crippen molar-refractivity contribution >= 4 is 23.9 Å². The van der Waals surface area contributed by atoms with Crippen LogP contribution in [0.5, 0.6) is 5.75 Å². The molecule has 35 heavy (non-hydrogen) atoms. The van der Waals surface area contributed by atoms with Crippen LogP contribution < -0.4 is 10.6 Å². The monoisotopic (exact) mass is 491 g/mol. The quantitative estimate of drug-likeness (QED) is 0.320. The Balaban J connectivity index is 3.47. The Kier molecular flexibility index (Phi) is 11.2. The van der Waals surface area contributed by atoms with Crippen molar-refractivity contribution in [2.75, 3.05) is 20.2 Å². The first-order chi connectivity index (χ1) is 16.4. The lowest BCUT2D eigenvalue weighted by molar-refractivity contribution is -0.144. The third-order valence-corrected chi connectivity index (χ3v) is 5.19. The maximum atomic E-state index is 13.8. The number of carbonyl (C=O) groups is 4. The van der Waals surface area contributed by atoms with Gasteiger partial charge in [0.1, 0.15) is 30.0 Å². The van der Waals surface area contributed by atoms with Crippen molar-refractivity contribution in [1.29, 1.82) is 0 Å². The van der Waals surface area contributed by atoms with Crippen molar-refractivity contribution < 1.29 is 33.8 Å². The van der Waals surface area contributed by atoms with Crippen LogP contribution in [0.2, 0.25) is 0 Å². The summed E-state index contributed by atoms with van der Waals surface area (Å²) in [5, 5.41) is 15.6. The number of nitrogens with zero attached hydrogens (tertiary/aromatic N) is 1. The molecule has 0 bridgehead atoms. The molecule has 0 aromatic heterocycles. The lowest BCUT2D eigenvalue weighted by atomic mass is 9.95. The minimum atomic E-state index is -1.32. The van der Waals surface area contributed by atoms with Gasteiger partial charge in [-0.1, -0.05) is 44.5 Å². The Morgan fingerprint density at radius 3 is 2.34 bits per heavy atom. The Morgan fingerprint density at radius 2 is 1.83 bits per heavy atom. The van der Waals surface area contributed by atoms with E-state index in [0.29, 0.717) is 6.42 Å². The molecule has 0 saturated carbocycles. The molecule has 3 amide bonds. The zero-order chi connectivity index (χ0) is 26.8. The van der Waals surface area contributed by atoms with Gasteiger partial charge in [-0.2, -0.15) is 0 Å². The minimum Gasteiger partial charge on any atom is -0.508 e. The number of carbonyl (C=O) groups excluding carboxylic acids is 4. The normalized spacial score (nSPS) is 13.5. The number of hydrogen-bond donors (Lipinski definition) is 3. The number of esters is 1. The first kappa shape index (κ1) is 29.5. The van der Waals surface area contributed by atoms with Crippen molar-refractivity contribution in [3.63, 3.8) is 0 Å². The van der Waals surface area contributed by atoms with Crippen LogP contribution in [0.25, 0.3) is 0 Å². The summed E-state index contributed by atoms with van der Waals surface area (Å²) in [6.07, 6.45) is 1.20. The molecule has 1 aromatic carbocycles. The number of nitrogens with one attached hydrogen (secondary N) is 2. The highest BCUT2D eigenvalue weighted by atomic mass is 16.6. The van der Waals surface area contributed by atoms with E-state index in [4.69, 9.17) is 4.74 Å². The summed E-state index contributed by atoms with van der Waals surface area (Å²) >= 11 is 0. The molecule has 0 aliphatic rings. The molecule has 194 valence electrons. The Bertz CT molecular complexity index is 911. The van der Waals surface area contributed by atoms with Gasteiger partial charge in [0.25, 0.3) is 0 Å². The fourth-order valence-electron chi connectivity index (χ4n) is 3.26. The van der Waals surface area contributed by atoms with Crippen LogP contribution in [0, 0.1) is 5.92 Å². The number of methoxy groups -OCH3 is 1. The Labute approximate surface area is 206 Å². The van der Waals surface area contributed by atoms with Gasteiger partial charge in [0.05, 0.1) is 7.11 Å². The van der Waals surface area contributed by atoms with E-state index in [-0.39, 0.29) is 23.8 Å². The van der Waals surface area contributed by atoms with Crippen molar-refractivity contribution in [2.24, 2.45) is 5.92 Å². The number of alkyl carbamates (subject to hydrolysis) is 1. The van der Waals surface area contributed by atoms with Gasteiger partial charge in [-0.15, -0.1) is 6.58 Å². The van der Waals surface area contributed by atoms with E-state index < -0.39 is 48.1 Å². The fraction of sp³-hybridized carbons (Fsp3) is 0.520. The lowest BCUT2D eigenvalue weighted by Gasteiger charge is -2.35. The molecule has 3 N–H and O–H groups in total. The molecule has 1 rings (SSSR count). The summed E-state index contributed by atoms with van der Waals surface area (Å²) in [5.41, 5.74) is -0.634. The van der Waals surface area contributed by atoms with Gasteiger partial charge in [-0.05, 0) is 32.8 Å². The Hall–Kier alpha value is -3.56. The van der Waals surface area contributed by atoms with Crippen molar-refractivity contribution in [1.82, 2.24) is 15.5 Å². The summed E-state index contributed by atoms with van der Waals surface area (Å²) in [6.45, 7) is 11.9. The molecule has 3 atom stereocenters. The second-order valence-corrected chi connectivity index (χ2v) is 9.04. The molecule has 3 unspecified atom stereocenters. The van der Waals surface area contributed by atoms with Gasteiger partial charge in [0, 0.05) is 12.1 Å². The van der Waals surface area contributed by atoms with Crippen molar-refractivity contribution in [3.8, 4) is 5.75 Å². The topological polar surface area (TPSA) is 134 Å². The first-order valence-electron chi connectivity index (χ1n) is 11.4. The van der Waals surface area contributed by atoms with E-state index in [0.717, 1.165) is 0 Å². The van der Waals surface area contributed by atoms with Crippen LogP contribution in [0.15, 0.2) is 36.9 Å². The molecule has 1 aromatic rings. The average molecular weight is 492 g/mol. The molecule has 10 heteroatoms. The molecule has 0 fully saturated rings. The van der Waals surface area contributed by atoms with Gasteiger partial charge >= 0.3 is 12.1 Å². The predicted octanol–water partition coefficient (Wildman–Crippen LogP) is 2.68. The summed E-state index contributed by atoms with van der Waals surface area (Å²) in [4.78, 5) is 52.4. The van der Waals surface area contributed by atoms with Gasteiger partial charge in [0.15, 0.2) is 0 Å². The van der Waals surface area contributed by atoms with Crippen LogP contribution in [0.1, 0.15) is 52.6 Å². The van der Waals surface area contributed by atoms with Crippen molar-refractivity contribution in [2.45, 2.75) is 58.7 Å². The van der Waals surface area contributed by atoms with Crippen LogP contribution in [-0.4, -0.2) is 65.7 Å². The standard InChI is InChI=1S/C25H37N3O7/c1-8-14-28(23(32)20(16(3)9-2)27-24(33)35-25(4,5)6)21(17-12-10-11-13-18(17)29)22(31)26-15-19(30)34-7/h8,10-13,16,20-21,29H,1,9,14-15H2,2-7H3,(H,26,31)(H,27,33). The van der Waals surface area contributed by atoms with E-state index in [1.807, 2.05) is 6.92 Å². The third-order valence-electron chi connectivity index (χ3n) is 5.19. The number of phenolic OH excluding ortho intramolecular Hbond substituents is 1. The summed E-state index contributed by atoms with van der Waals surface area (Å²) < 4.78 is 9.90. The van der Waals surface area contributed by atoms with Crippen molar-refractivity contribution in [3.05, 3.63) is 42.5 Å². The molecule has 0 saturated heterocycles. The van der Waals surface area contributed by atoms with E-state index in [2.05, 4.69) is 21.9 Å². The molecular weight excluding hydrogens is 454 g/mol. The molecule has 0 aliphatic heterocycles. The zero-order valence-electron chi connectivity index (χ0n) is 21.3. The van der Waals surface area contributed by atoms with E-state index >= 15 is 0 Å². The number of aromatic hydroxyl groups is 1. The highest BCUT2D eigenvalue weighted by Crippen LogP contribution is 2.30. The maximum absolute atomic E-state index is 13.8. The van der Waals surface area contributed by atoms with Gasteiger partial charge in [0.2, 0.25) is 11.8 Å². The number of para-hydroxylation sites is 1. The number of benzene rings is 1. The number of hydrogen-bond acceptors (Lipinski definition) is 7. The van der Waals surface area contributed by atoms with Gasteiger partial charge < -0.3 is 30.1 Å². The third kappa shape index (κ3) is 8.95. The number of ether oxygens (including phenoxy) is 2. The Morgan fingerprint density at radius 1 is 1.20 bits per heavy atom. The minimum absolute atomic E-state index is 0.0770. The van der Waals surface area contributed by atoms with Gasteiger partial charge in [-0.3, -0.25) is 14.4 Å². The predicted molar refractivity (Wildman–Crippen MR) is 130 cm³/mol. The molecule has 0 heterocycles. The average Bonchev–Trinajstić information content (AvgIpc) is 2.79. The largest absolute Gasteiger partial charge is 0.508 e. The first-order valence-corrected chi connectivity index (χ1v) is 11.4. The van der Waals surface area contributed by atoms with Crippen LogP contribution in [0.4, 0.5) is 4.79 Å². The fourth-order valence-corrected chi connectivity index (χ4v) is 3.26. The van der Waals surface area contributed by atoms with E-state index in [9.17, 15) is 24.3 Å². The SMILES string of the molecule is C=CCN(C(=O)C(NC(=O)OC(C)(C)C)C(C)CC)C(C(=O)NCC(=O)OC)c1ccccc1O. The van der Waals surface area contributed by atoms with E-state index in [1.54, 1.807) is 39.8 Å². The van der Waals surface area contributed by atoms with E-state index in [1.165, 1.54) is 30.2 Å². The summed E-state index contributed by atoms with van der Waals surface area (Å²) in [5.74, 6) is -2.50. The molecule has 0 radical (unpaired) electrons. The van der Waals surface area contributed by atoms with Crippen LogP contribution in [0.3, 0.4) is 0 Å². The zero-order valence-corrected chi connectivity index (χ0v) is 21.3. The lowest BCUT2D eigenvalue weighted by Crippen LogP contribution is -2.55. The molecule has 0 spiro atoms. The highest BCUT2D eigenvalue weighted by molar-refractivity contribution is 5.93. The van der Waals surface area contributed by atoms with Crippen LogP contribution in [-0.2, 0) is 23.9 Å². The smallest absolute Gasteiger partial charge is 0.408 e. The van der Waals surface area contributed by atoms with Crippen LogP contribution >= 0.6 is 0 Å². The number of phenols is 1. The highest BCUT2D eigenvalue weighted by Gasteiger charge is 2.38.